The van der Waals surface area contributed by atoms with Gasteiger partial charge in [0.1, 0.15) is 5.75 Å². The maximum absolute atomic E-state index is 11.8. The second kappa shape index (κ2) is 4.88. The van der Waals surface area contributed by atoms with Crippen molar-refractivity contribution in [2.24, 2.45) is 5.73 Å². The number of nitrogens with two attached hydrogens (primary N) is 1. The molecule has 0 amide bonds. The van der Waals surface area contributed by atoms with Crippen molar-refractivity contribution in [2.75, 3.05) is 6.61 Å². The summed E-state index contributed by atoms with van der Waals surface area (Å²) in [5.74, 6) is 0.0430. The summed E-state index contributed by atoms with van der Waals surface area (Å²) in [6, 6.07) is 5.39. The van der Waals surface area contributed by atoms with E-state index >= 15 is 0 Å². The fourth-order valence-corrected chi connectivity index (χ4v) is 1.03. The van der Waals surface area contributed by atoms with Gasteiger partial charge < -0.3 is 15.6 Å². The van der Waals surface area contributed by atoms with Gasteiger partial charge in [-0.25, -0.2) is 0 Å². The zero-order valence-electron chi connectivity index (χ0n) is 7.36. The van der Waals surface area contributed by atoms with E-state index in [2.05, 4.69) is 4.74 Å². The number of hydrogen-bond acceptors (Lipinski definition) is 3. The monoisotopic (exact) mass is 203 g/mol. The number of hydrogen-bond donors (Lipinski definition) is 2. The van der Waals surface area contributed by atoms with Crippen LogP contribution in [0.5, 0.6) is 5.75 Å². The first-order chi connectivity index (χ1) is 6.63. The zero-order chi connectivity index (χ0) is 10.6. The molecule has 0 aromatic heterocycles. The Morgan fingerprint density at radius 3 is 2.71 bits per heavy atom. The van der Waals surface area contributed by atoms with Crippen LogP contribution < -0.4 is 10.5 Å². The zero-order valence-corrected chi connectivity index (χ0v) is 7.36. The molecule has 0 radical (unpaired) electrons. The molecule has 3 N–H and O–H groups in total. The van der Waals surface area contributed by atoms with Crippen molar-refractivity contribution < 1.29 is 18.6 Å². The van der Waals surface area contributed by atoms with Crippen LogP contribution in [-0.2, 0) is 0 Å². The number of rotatable bonds is 4. The van der Waals surface area contributed by atoms with E-state index in [0.717, 1.165) is 0 Å². The number of halogens is 2. The van der Waals surface area contributed by atoms with E-state index in [0.29, 0.717) is 5.56 Å². The van der Waals surface area contributed by atoms with Crippen LogP contribution in [0.1, 0.15) is 11.6 Å². The molecule has 1 rings (SSSR count). The van der Waals surface area contributed by atoms with E-state index in [-0.39, 0.29) is 12.4 Å². The summed E-state index contributed by atoms with van der Waals surface area (Å²) in [5, 5.41) is 8.75. The Kier molecular flexibility index (Phi) is 3.79. The van der Waals surface area contributed by atoms with Crippen LogP contribution in [-0.4, -0.2) is 18.3 Å². The lowest BCUT2D eigenvalue weighted by molar-refractivity contribution is -0.0499. The van der Waals surface area contributed by atoms with Gasteiger partial charge in [-0.1, -0.05) is 12.1 Å². The predicted molar refractivity (Wildman–Crippen MR) is 47.1 cm³/mol. The van der Waals surface area contributed by atoms with Crippen LogP contribution in [0.3, 0.4) is 0 Å². The Morgan fingerprint density at radius 1 is 1.43 bits per heavy atom. The van der Waals surface area contributed by atoms with Gasteiger partial charge in [0.25, 0.3) is 0 Å². The van der Waals surface area contributed by atoms with Crippen molar-refractivity contribution in [1.29, 1.82) is 0 Å². The molecule has 0 bridgehead atoms. The molecular formula is C9H11F2NO2. The molecule has 1 aromatic carbocycles. The number of aliphatic hydroxyl groups excluding tert-OH is 1. The van der Waals surface area contributed by atoms with Crippen LogP contribution in [0, 0.1) is 0 Å². The molecule has 0 heterocycles. The Bertz CT molecular complexity index is 294. The Hall–Kier alpha value is -1.20. The highest BCUT2D eigenvalue weighted by Gasteiger charge is 2.08. The summed E-state index contributed by atoms with van der Waals surface area (Å²) in [6.45, 7) is -3.09. The average molecular weight is 203 g/mol. The van der Waals surface area contributed by atoms with Gasteiger partial charge in [-0.2, -0.15) is 8.78 Å². The van der Waals surface area contributed by atoms with Crippen molar-refractivity contribution in [2.45, 2.75) is 12.7 Å². The predicted octanol–water partition coefficient (Wildman–Crippen LogP) is 1.28. The summed E-state index contributed by atoms with van der Waals surface area (Å²) < 4.78 is 27.8. The second-order valence-electron chi connectivity index (χ2n) is 2.74. The Labute approximate surface area is 80.1 Å². The lowest BCUT2D eigenvalue weighted by Crippen LogP contribution is -2.14. The molecule has 3 nitrogen and oxygen atoms in total. The summed E-state index contributed by atoms with van der Waals surface area (Å²) in [7, 11) is 0. The third-order valence-electron chi connectivity index (χ3n) is 1.71. The molecule has 0 unspecified atom stereocenters. The van der Waals surface area contributed by atoms with E-state index in [9.17, 15) is 8.78 Å². The van der Waals surface area contributed by atoms with Gasteiger partial charge in [-0.15, -0.1) is 0 Å². The molecule has 1 atom stereocenters. The minimum atomic E-state index is -2.85. The third kappa shape index (κ3) is 2.93. The van der Waals surface area contributed by atoms with Crippen LogP contribution in [0.2, 0.25) is 0 Å². The smallest absolute Gasteiger partial charge is 0.387 e. The standard InChI is InChI=1S/C9H11F2NO2/c10-9(11)14-7-3-1-2-6(4-7)8(12)5-13/h1-4,8-9,13H,5,12H2/t8-/m0/s1. The van der Waals surface area contributed by atoms with Gasteiger partial charge in [0.05, 0.1) is 12.6 Å². The minimum absolute atomic E-state index is 0.0430. The van der Waals surface area contributed by atoms with E-state index in [1.165, 1.54) is 12.1 Å². The lowest BCUT2D eigenvalue weighted by Gasteiger charge is -2.10. The van der Waals surface area contributed by atoms with E-state index in [4.69, 9.17) is 10.8 Å². The topological polar surface area (TPSA) is 55.5 Å². The summed E-state index contributed by atoms with van der Waals surface area (Å²) in [5.41, 5.74) is 6.06. The first-order valence-electron chi connectivity index (χ1n) is 4.04. The van der Waals surface area contributed by atoms with Gasteiger partial charge in [0.15, 0.2) is 0 Å². The molecule has 0 aliphatic heterocycles. The highest BCUT2D eigenvalue weighted by Crippen LogP contribution is 2.19. The molecular weight excluding hydrogens is 192 g/mol. The molecule has 0 aliphatic rings. The summed E-state index contributed by atoms with van der Waals surface area (Å²) in [6.07, 6.45) is 0. The quantitative estimate of drug-likeness (QED) is 0.775. The first kappa shape index (κ1) is 10.9. The normalized spacial score (nSPS) is 12.9. The average Bonchev–Trinajstić information content (AvgIpc) is 2.16. The number of aliphatic hydroxyl groups is 1. The maximum Gasteiger partial charge on any atom is 0.387 e. The Balaban J connectivity index is 2.78. The highest BCUT2D eigenvalue weighted by molar-refractivity contribution is 5.30. The molecule has 5 heteroatoms. The fourth-order valence-electron chi connectivity index (χ4n) is 1.03. The summed E-state index contributed by atoms with van der Waals surface area (Å²) in [4.78, 5) is 0. The molecule has 0 fully saturated rings. The number of alkyl halides is 2. The highest BCUT2D eigenvalue weighted by atomic mass is 19.3. The molecule has 0 spiro atoms. The van der Waals surface area contributed by atoms with Crippen LogP contribution in [0.4, 0.5) is 8.78 Å². The fraction of sp³-hybridized carbons (Fsp3) is 0.333. The second-order valence-corrected chi connectivity index (χ2v) is 2.74. The largest absolute Gasteiger partial charge is 0.435 e. The maximum atomic E-state index is 11.8. The minimum Gasteiger partial charge on any atom is -0.435 e. The van der Waals surface area contributed by atoms with Gasteiger partial charge in [-0.05, 0) is 17.7 Å². The van der Waals surface area contributed by atoms with Crippen molar-refractivity contribution in [3.05, 3.63) is 29.8 Å². The SMILES string of the molecule is N[C@@H](CO)c1cccc(OC(F)F)c1. The number of ether oxygens (including phenoxy) is 1. The molecule has 14 heavy (non-hydrogen) atoms. The summed E-state index contributed by atoms with van der Waals surface area (Å²) >= 11 is 0. The molecule has 0 saturated carbocycles. The van der Waals surface area contributed by atoms with Crippen molar-refractivity contribution in [3.63, 3.8) is 0 Å². The van der Waals surface area contributed by atoms with Crippen molar-refractivity contribution in [1.82, 2.24) is 0 Å². The van der Waals surface area contributed by atoms with Crippen LogP contribution in [0.15, 0.2) is 24.3 Å². The Morgan fingerprint density at radius 2 is 2.14 bits per heavy atom. The van der Waals surface area contributed by atoms with Crippen molar-refractivity contribution >= 4 is 0 Å². The number of benzene rings is 1. The van der Waals surface area contributed by atoms with Gasteiger partial charge >= 0.3 is 6.61 Å². The van der Waals surface area contributed by atoms with Crippen LogP contribution >= 0.6 is 0 Å². The molecule has 0 saturated heterocycles. The molecule has 0 aliphatic carbocycles. The molecule has 1 aromatic rings. The van der Waals surface area contributed by atoms with Crippen LogP contribution in [0.25, 0.3) is 0 Å². The first-order valence-corrected chi connectivity index (χ1v) is 4.04. The van der Waals surface area contributed by atoms with E-state index < -0.39 is 12.7 Å². The van der Waals surface area contributed by atoms with Crippen molar-refractivity contribution in [3.8, 4) is 5.75 Å². The van der Waals surface area contributed by atoms with Gasteiger partial charge in [0, 0.05) is 0 Å². The third-order valence-corrected chi connectivity index (χ3v) is 1.71. The van der Waals surface area contributed by atoms with Gasteiger partial charge in [0.2, 0.25) is 0 Å². The van der Waals surface area contributed by atoms with E-state index in [1.54, 1.807) is 12.1 Å². The van der Waals surface area contributed by atoms with E-state index in [1.807, 2.05) is 0 Å². The van der Waals surface area contributed by atoms with Gasteiger partial charge in [-0.3, -0.25) is 0 Å². The molecule has 78 valence electrons. The lowest BCUT2D eigenvalue weighted by atomic mass is 10.1.